The number of benzene rings is 1. The summed E-state index contributed by atoms with van der Waals surface area (Å²) in [5, 5.41) is -0.205. The van der Waals surface area contributed by atoms with Gasteiger partial charge in [0.15, 0.2) is 0 Å². The quantitative estimate of drug-likeness (QED) is 0.454. The van der Waals surface area contributed by atoms with E-state index in [-0.39, 0.29) is 5.91 Å². The van der Waals surface area contributed by atoms with Crippen LogP contribution >= 0.6 is 39.5 Å². The summed E-state index contributed by atoms with van der Waals surface area (Å²) in [5.41, 5.74) is 7.15. The Morgan fingerprint density at radius 3 is 2.77 bits per heavy atom. The van der Waals surface area contributed by atoms with Crippen molar-refractivity contribution >= 4 is 45.4 Å². The van der Waals surface area contributed by atoms with Gasteiger partial charge in [-0.25, -0.2) is 4.98 Å². The Bertz CT molecular complexity index is 673. The van der Waals surface area contributed by atoms with Gasteiger partial charge in [0.25, 0.3) is 5.91 Å². The Balaban J connectivity index is 2.10. The van der Waals surface area contributed by atoms with E-state index in [0.717, 1.165) is 11.9 Å². The first-order valence-electron chi connectivity index (χ1n) is 6.19. The van der Waals surface area contributed by atoms with Crippen LogP contribution in [-0.2, 0) is 0 Å². The van der Waals surface area contributed by atoms with Gasteiger partial charge in [0, 0.05) is 5.56 Å². The van der Waals surface area contributed by atoms with Crippen LogP contribution in [0.1, 0.15) is 21.3 Å². The molecule has 1 heterocycles. The largest absolute Gasteiger partial charge is 0.481 e. The van der Waals surface area contributed by atoms with Gasteiger partial charge in [-0.15, -0.1) is 0 Å². The molecule has 22 heavy (non-hydrogen) atoms. The number of rotatable bonds is 5. The Kier molecular flexibility index (Phi) is 6.07. The number of carbonyl (C=O) groups excluding carboxylic acids is 1. The fraction of sp³-hybridized carbons (Fsp3) is 0.143. The maximum atomic E-state index is 12.0. The number of amides is 1. The zero-order chi connectivity index (χ0) is 16.1. The van der Waals surface area contributed by atoms with Crippen molar-refractivity contribution in [2.45, 2.75) is 5.37 Å². The van der Waals surface area contributed by atoms with Crippen molar-refractivity contribution in [1.29, 1.82) is 0 Å². The highest BCUT2D eigenvalue weighted by Gasteiger charge is 2.20. The molecular weight excluding hydrogens is 390 g/mol. The predicted octanol–water partition coefficient (Wildman–Crippen LogP) is 3.54. The summed E-state index contributed by atoms with van der Waals surface area (Å²) in [7, 11) is 1.48. The molecule has 1 aromatic carbocycles. The molecule has 5 nitrogen and oxygen atoms in total. The highest BCUT2D eigenvalue weighted by Crippen LogP contribution is 2.35. The maximum Gasteiger partial charge on any atom is 0.261 e. The summed E-state index contributed by atoms with van der Waals surface area (Å²) in [6.45, 7) is 0. The van der Waals surface area contributed by atoms with Crippen molar-refractivity contribution in [2.24, 2.45) is 5.73 Å². The number of nitrogens with one attached hydrogen (secondary N) is 1. The number of methoxy groups -OCH3 is 1. The van der Waals surface area contributed by atoms with Crippen LogP contribution in [0.4, 0.5) is 0 Å². The molecule has 1 atom stereocenters. The lowest BCUT2D eigenvalue weighted by atomic mass is 10.2. The number of nitrogens with two attached hydrogens (primary N) is 1. The number of nitrogens with zero attached hydrogens (tertiary/aromatic N) is 1. The van der Waals surface area contributed by atoms with E-state index >= 15 is 0 Å². The lowest BCUT2D eigenvalue weighted by molar-refractivity contribution is 0.0984. The zero-order valence-electron chi connectivity index (χ0n) is 11.5. The van der Waals surface area contributed by atoms with Gasteiger partial charge in [-0.3, -0.25) is 9.52 Å². The molecule has 0 fully saturated rings. The summed E-state index contributed by atoms with van der Waals surface area (Å²) in [6.07, 6.45) is 0. The van der Waals surface area contributed by atoms with Crippen molar-refractivity contribution in [2.75, 3.05) is 7.11 Å². The SMILES string of the molecule is COc1nc(Br)cc(Cl)c1C(N)SNC(=O)c1ccccc1. The molecule has 2 aromatic rings. The smallest absolute Gasteiger partial charge is 0.261 e. The van der Waals surface area contributed by atoms with E-state index in [1.807, 2.05) is 6.07 Å². The third-order valence-corrected chi connectivity index (χ3v) is 4.25. The number of halogens is 2. The van der Waals surface area contributed by atoms with Crippen molar-refractivity contribution in [3.05, 3.63) is 57.2 Å². The molecule has 0 aliphatic rings. The molecule has 2 rings (SSSR count). The van der Waals surface area contributed by atoms with Crippen LogP contribution in [-0.4, -0.2) is 18.0 Å². The lowest BCUT2D eigenvalue weighted by Crippen LogP contribution is -2.21. The summed E-state index contributed by atoms with van der Waals surface area (Å²) in [6, 6.07) is 10.5. The number of carbonyl (C=O) groups is 1. The van der Waals surface area contributed by atoms with Gasteiger partial charge < -0.3 is 10.5 Å². The molecule has 0 saturated heterocycles. The molecule has 0 radical (unpaired) electrons. The van der Waals surface area contributed by atoms with E-state index in [4.69, 9.17) is 22.1 Å². The van der Waals surface area contributed by atoms with Crippen LogP contribution in [0.25, 0.3) is 0 Å². The highest BCUT2D eigenvalue weighted by atomic mass is 79.9. The van der Waals surface area contributed by atoms with Crippen molar-refractivity contribution in [3.63, 3.8) is 0 Å². The van der Waals surface area contributed by atoms with E-state index in [2.05, 4.69) is 25.6 Å². The van der Waals surface area contributed by atoms with Crippen molar-refractivity contribution in [1.82, 2.24) is 9.71 Å². The average Bonchev–Trinajstić information content (AvgIpc) is 2.52. The molecule has 1 unspecified atom stereocenters. The monoisotopic (exact) mass is 401 g/mol. The first kappa shape index (κ1) is 17.1. The summed E-state index contributed by atoms with van der Waals surface area (Å²) >= 11 is 10.5. The highest BCUT2D eigenvalue weighted by molar-refractivity contribution is 9.10. The van der Waals surface area contributed by atoms with Crippen molar-refractivity contribution in [3.8, 4) is 5.88 Å². The summed E-state index contributed by atoms with van der Waals surface area (Å²) in [5.74, 6) is 0.0783. The van der Waals surface area contributed by atoms with Crippen LogP contribution in [0.15, 0.2) is 41.0 Å². The van der Waals surface area contributed by atoms with Gasteiger partial charge in [0.1, 0.15) is 9.98 Å². The minimum absolute atomic E-state index is 0.235. The molecular formula is C14H13BrClN3O2S. The Morgan fingerprint density at radius 1 is 1.45 bits per heavy atom. The molecule has 1 aromatic heterocycles. The third kappa shape index (κ3) is 4.13. The van der Waals surface area contributed by atoms with Crippen LogP contribution in [0, 0.1) is 0 Å². The molecule has 116 valence electrons. The van der Waals surface area contributed by atoms with Gasteiger partial charge in [-0.05, 0) is 46.1 Å². The fourth-order valence-electron chi connectivity index (χ4n) is 1.71. The van der Waals surface area contributed by atoms with Gasteiger partial charge in [-0.2, -0.15) is 0 Å². The van der Waals surface area contributed by atoms with Gasteiger partial charge >= 0.3 is 0 Å². The number of hydrogen-bond acceptors (Lipinski definition) is 5. The molecule has 0 spiro atoms. The van der Waals surface area contributed by atoms with Gasteiger partial charge in [0.05, 0.1) is 17.7 Å². The molecule has 1 amide bonds. The second-order valence-corrected chi connectivity index (χ2v) is 6.35. The summed E-state index contributed by atoms with van der Waals surface area (Å²) in [4.78, 5) is 16.2. The van der Waals surface area contributed by atoms with Crippen LogP contribution < -0.4 is 15.2 Å². The number of ether oxygens (including phenoxy) is 1. The molecule has 0 aliphatic heterocycles. The first-order valence-corrected chi connectivity index (χ1v) is 8.24. The van der Waals surface area contributed by atoms with E-state index < -0.39 is 5.37 Å². The van der Waals surface area contributed by atoms with E-state index in [9.17, 15) is 4.79 Å². The average molecular weight is 403 g/mol. The third-order valence-electron chi connectivity index (χ3n) is 2.73. The standard InChI is InChI=1S/C14H13BrClN3O2S/c1-21-14-11(9(16)7-10(15)18-14)12(17)22-19-13(20)8-5-3-2-4-6-8/h2-7,12H,17H2,1H3,(H,19,20). The minimum Gasteiger partial charge on any atom is -0.481 e. The van der Waals surface area contributed by atoms with Crippen LogP contribution in [0.2, 0.25) is 5.02 Å². The molecule has 0 saturated carbocycles. The van der Waals surface area contributed by atoms with Gasteiger partial charge in [0.2, 0.25) is 5.88 Å². The molecule has 0 bridgehead atoms. The van der Waals surface area contributed by atoms with E-state index in [1.165, 1.54) is 7.11 Å². The Morgan fingerprint density at radius 2 is 2.14 bits per heavy atom. The Hall–Kier alpha value is -1.28. The van der Waals surface area contributed by atoms with Crippen molar-refractivity contribution < 1.29 is 9.53 Å². The van der Waals surface area contributed by atoms with E-state index in [1.54, 1.807) is 30.3 Å². The van der Waals surface area contributed by atoms with Crippen LogP contribution in [0.3, 0.4) is 0 Å². The number of hydrogen-bond donors (Lipinski definition) is 2. The van der Waals surface area contributed by atoms with Crippen LogP contribution in [0.5, 0.6) is 5.88 Å². The second-order valence-electron chi connectivity index (χ2n) is 4.19. The zero-order valence-corrected chi connectivity index (χ0v) is 14.7. The lowest BCUT2D eigenvalue weighted by Gasteiger charge is -2.16. The fourth-order valence-corrected chi connectivity index (χ4v) is 3.30. The molecule has 8 heteroatoms. The summed E-state index contributed by atoms with van der Waals surface area (Å²) < 4.78 is 8.42. The van der Waals surface area contributed by atoms with E-state index in [0.29, 0.717) is 26.6 Å². The number of pyridine rings is 1. The molecule has 0 aliphatic carbocycles. The maximum absolute atomic E-state index is 12.0. The Labute approximate surface area is 145 Å². The normalized spacial score (nSPS) is 11.8. The topological polar surface area (TPSA) is 77.2 Å². The minimum atomic E-state index is -0.615. The predicted molar refractivity (Wildman–Crippen MR) is 91.9 cm³/mol. The molecule has 3 N–H and O–H groups in total. The first-order chi connectivity index (χ1) is 10.5. The number of aromatic nitrogens is 1. The van der Waals surface area contributed by atoms with Gasteiger partial charge in [-0.1, -0.05) is 29.8 Å². The second kappa shape index (κ2) is 7.82.